The number of aryl methyl sites for hydroxylation is 1. The average molecular weight is 296 g/mol. The van der Waals surface area contributed by atoms with Crippen LogP contribution in [0.3, 0.4) is 0 Å². The lowest BCUT2D eigenvalue weighted by Crippen LogP contribution is -1.85. The number of aromatic amines is 1. The Labute approximate surface area is 125 Å². The number of H-pyrrole nitrogens is 1. The van der Waals surface area contributed by atoms with Gasteiger partial charge in [-0.15, -0.1) is 5.11 Å². The van der Waals surface area contributed by atoms with Gasteiger partial charge < -0.3 is 10.1 Å². The number of non-ortho nitro benzene ring substituents is 1. The molecule has 0 bridgehead atoms. The fourth-order valence-electron chi connectivity index (χ4n) is 2.21. The Morgan fingerprint density at radius 1 is 1.18 bits per heavy atom. The van der Waals surface area contributed by atoms with Crippen molar-refractivity contribution in [3.8, 4) is 5.88 Å². The van der Waals surface area contributed by atoms with Gasteiger partial charge in [0.15, 0.2) is 5.69 Å². The summed E-state index contributed by atoms with van der Waals surface area (Å²) in [5.74, 6) is -0.0847. The Kier molecular flexibility index (Phi) is 3.30. The van der Waals surface area contributed by atoms with Gasteiger partial charge in [0.2, 0.25) is 5.88 Å². The van der Waals surface area contributed by atoms with Crippen molar-refractivity contribution in [3.05, 3.63) is 58.1 Å². The lowest BCUT2D eigenvalue weighted by Gasteiger charge is -1.95. The number of aromatic nitrogens is 1. The van der Waals surface area contributed by atoms with Crippen molar-refractivity contribution in [2.45, 2.75) is 6.92 Å². The minimum atomic E-state index is -0.494. The molecule has 110 valence electrons. The van der Waals surface area contributed by atoms with Crippen molar-refractivity contribution < 1.29 is 10.0 Å². The smallest absolute Gasteiger partial charge is 0.271 e. The molecule has 0 amide bonds. The first-order valence-corrected chi connectivity index (χ1v) is 6.52. The molecule has 0 radical (unpaired) electrons. The molecule has 1 heterocycles. The highest BCUT2D eigenvalue weighted by Crippen LogP contribution is 2.37. The van der Waals surface area contributed by atoms with Crippen LogP contribution < -0.4 is 0 Å². The standard InChI is InChI=1S/C15H12N4O3/c1-9-4-2-7-12-13(9)16-15(20)14(12)18-17-10-5-3-6-11(8-10)19(21)22/h2-8,16,20H,1H3. The molecule has 0 saturated heterocycles. The lowest BCUT2D eigenvalue weighted by molar-refractivity contribution is -0.384. The van der Waals surface area contributed by atoms with Gasteiger partial charge in [0.1, 0.15) is 0 Å². The van der Waals surface area contributed by atoms with E-state index in [-0.39, 0.29) is 11.6 Å². The van der Waals surface area contributed by atoms with Gasteiger partial charge in [0.25, 0.3) is 5.69 Å². The maximum absolute atomic E-state index is 10.7. The summed E-state index contributed by atoms with van der Waals surface area (Å²) >= 11 is 0. The number of fused-ring (bicyclic) bond motifs is 1. The van der Waals surface area contributed by atoms with Crippen LogP contribution in [0.15, 0.2) is 52.7 Å². The summed E-state index contributed by atoms with van der Waals surface area (Å²) in [5, 5.41) is 29.4. The first-order valence-electron chi connectivity index (χ1n) is 6.52. The third kappa shape index (κ3) is 2.39. The zero-order valence-electron chi connectivity index (χ0n) is 11.6. The Morgan fingerprint density at radius 3 is 2.73 bits per heavy atom. The molecule has 0 spiro atoms. The van der Waals surface area contributed by atoms with Gasteiger partial charge in [-0.05, 0) is 18.6 Å². The number of hydrogen-bond donors (Lipinski definition) is 2. The highest BCUT2D eigenvalue weighted by Gasteiger charge is 2.12. The monoisotopic (exact) mass is 296 g/mol. The molecule has 3 rings (SSSR count). The fourth-order valence-corrected chi connectivity index (χ4v) is 2.21. The molecule has 0 atom stereocenters. The zero-order chi connectivity index (χ0) is 15.7. The molecule has 0 saturated carbocycles. The van der Waals surface area contributed by atoms with E-state index < -0.39 is 4.92 Å². The normalized spacial score (nSPS) is 11.3. The van der Waals surface area contributed by atoms with Gasteiger partial charge in [0, 0.05) is 17.5 Å². The molecule has 7 nitrogen and oxygen atoms in total. The minimum Gasteiger partial charge on any atom is -0.493 e. The number of para-hydroxylation sites is 1. The molecule has 3 aromatic rings. The SMILES string of the molecule is Cc1cccc2c(N=Nc3cccc([N+](=O)[O-])c3)c(O)[nH]c12. The van der Waals surface area contributed by atoms with Gasteiger partial charge >= 0.3 is 0 Å². The highest BCUT2D eigenvalue weighted by atomic mass is 16.6. The highest BCUT2D eigenvalue weighted by molar-refractivity contribution is 5.95. The Balaban J connectivity index is 2.03. The molecule has 0 unspecified atom stereocenters. The molecule has 0 fully saturated rings. The lowest BCUT2D eigenvalue weighted by atomic mass is 10.1. The van der Waals surface area contributed by atoms with E-state index in [4.69, 9.17) is 0 Å². The first kappa shape index (κ1) is 13.7. The summed E-state index contributed by atoms with van der Waals surface area (Å²) in [6.07, 6.45) is 0. The third-order valence-electron chi connectivity index (χ3n) is 3.30. The summed E-state index contributed by atoms with van der Waals surface area (Å²) < 4.78 is 0. The first-order chi connectivity index (χ1) is 10.6. The molecule has 7 heteroatoms. The van der Waals surface area contributed by atoms with E-state index in [1.54, 1.807) is 6.07 Å². The van der Waals surface area contributed by atoms with Crippen LogP contribution in [-0.4, -0.2) is 15.0 Å². The van der Waals surface area contributed by atoms with Crippen molar-refractivity contribution in [2.24, 2.45) is 10.2 Å². The molecule has 1 aromatic heterocycles. The van der Waals surface area contributed by atoms with Crippen LogP contribution in [0.25, 0.3) is 10.9 Å². The number of nitro groups is 1. The number of azo groups is 1. The van der Waals surface area contributed by atoms with E-state index in [1.165, 1.54) is 18.2 Å². The number of aromatic hydroxyl groups is 1. The maximum Gasteiger partial charge on any atom is 0.271 e. The van der Waals surface area contributed by atoms with Crippen molar-refractivity contribution >= 4 is 28.0 Å². The largest absolute Gasteiger partial charge is 0.493 e. The zero-order valence-corrected chi connectivity index (χ0v) is 11.6. The van der Waals surface area contributed by atoms with Gasteiger partial charge in [0.05, 0.1) is 16.1 Å². The van der Waals surface area contributed by atoms with Crippen LogP contribution in [-0.2, 0) is 0 Å². The molecule has 0 aliphatic rings. The number of benzene rings is 2. The predicted molar refractivity (Wildman–Crippen MR) is 82.0 cm³/mol. The molecule has 2 aromatic carbocycles. The predicted octanol–water partition coefficient (Wildman–Crippen LogP) is 4.51. The Hall–Kier alpha value is -3.22. The number of rotatable bonds is 3. The molecule has 0 aliphatic heterocycles. The number of nitro benzene ring substituents is 1. The van der Waals surface area contributed by atoms with Crippen molar-refractivity contribution in [2.75, 3.05) is 0 Å². The summed E-state index contributed by atoms with van der Waals surface area (Å²) in [4.78, 5) is 13.1. The Morgan fingerprint density at radius 2 is 1.95 bits per heavy atom. The van der Waals surface area contributed by atoms with E-state index >= 15 is 0 Å². The molecular formula is C15H12N4O3. The minimum absolute atomic E-state index is 0.0598. The van der Waals surface area contributed by atoms with E-state index in [2.05, 4.69) is 15.2 Å². The maximum atomic E-state index is 10.7. The summed E-state index contributed by atoms with van der Waals surface area (Å²) in [6, 6.07) is 11.4. The van der Waals surface area contributed by atoms with Crippen LogP contribution in [0.4, 0.5) is 17.1 Å². The van der Waals surface area contributed by atoms with Gasteiger partial charge in [-0.2, -0.15) is 5.11 Å². The second-order valence-corrected chi connectivity index (χ2v) is 4.80. The van der Waals surface area contributed by atoms with Gasteiger partial charge in [-0.3, -0.25) is 10.1 Å². The van der Waals surface area contributed by atoms with Crippen LogP contribution in [0.1, 0.15) is 5.56 Å². The Bertz CT molecular complexity index is 899. The van der Waals surface area contributed by atoms with Crippen molar-refractivity contribution in [1.82, 2.24) is 4.98 Å². The average Bonchev–Trinajstić information content (AvgIpc) is 2.83. The summed E-state index contributed by atoms with van der Waals surface area (Å²) in [6.45, 7) is 1.92. The number of nitrogens with zero attached hydrogens (tertiary/aromatic N) is 3. The van der Waals surface area contributed by atoms with E-state index in [0.29, 0.717) is 11.4 Å². The third-order valence-corrected chi connectivity index (χ3v) is 3.30. The van der Waals surface area contributed by atoms with Crippen LogP contribution in [0, 0.1) is 17.0 Å². The quantitative estimate of drug-likeness (QED) is 0.422. The summed E-state index contributed by atoms with van der Waals surface area (Å²) in [5.41, 5.74) is 2.36. The van der Waals surface area contributed by atoms with Gasteiger partial charge in [-0.25, -0.2) is 0 Å². The molecule has 0 aliphatic carbocycles. The number of nitrogens with one attached hydrogen (secondary N) is 1. The van der Waals surface area contributed by atoms with E-state index in [1.807, 2.05) is 25.1 Å². The topological polar surface area (TPSA) is 104 Å². The fraction of sp³-hybridized carbons (Fsp3) is 0.0667. The van der Waals surface area contributed by atoms with Crippen molar-refractivity contribution in [1.29, 1.82) is 0 Å². The van der Waals surface area contributed by atoms with Crippen LogP contribution in [0.5, 0.6) is 5.88 Å². The van der Waals surface area contributed by atoms with Crippen LogP contribution >= 0.6 is 0 Å². The number of hydrogen-bond acceptors (Lipinski definition) is 5. The van der Waals surface area contributed by atoms with E-state index in [9.17, 15) is 15.2 Å². The van der Waals surface area contributed by atoms with Crippen LogP contribution in [0.2, 0.25) is 0 Å². The summed E-state index contributed by atoms with van der Waals surface area (Å²) in [7, 11) is 0. The molecule has 22 heavy (non-hydrogen) atoms. The molecular weight excluding hydrogens is 284 g/mol. The van der Waals surface area contributed by atoms with E-state index in [0.717, 1.165) is 16.5 Å². The second-order valence-electron chi connectivity index (χ2n) is 4.80. The molecule has 2 N–H and O–H groups in total. The second kappa shape index (κ2) is 5.28. The van der Waals surface area contributed by atoms with Gasteiger partial charge in [-0.1, -0.05) is 24.3 Å². The van der Waals surface area contributed by atoms with Crippen molar-refractivity contribution in [3.63, 3.8) is 0 Å².